The van der Waals surface area contributed by atoms with Crippen LogP contribution in [0.1, 0.15) is 120 Å². The Bertz CT molecular complexity index is 1880. The molecule has 4 saturated carbocycles. The zero-order chi connectivity index (χ0) is 52.3. The number of ether oxygens (including phenoxy) is 7. The van der Waals surface area contributed by atoms with Gasteiger partial charge in [-0.3, -0.25) is 0 Å². The number of carbonyl (C=O) groups is 1. The second-order valence-corrected chi connectivity index (χ2v) is 23.8. The Kier molecular flexibility index (Phi) is 17.4. The van der Waals surface area contributed by atoms with Gasteiger partial charge in [-0.2, -0.15) is 0 Å². The van der Waals surface area contributed by atoms with Crippen molar-refractivity contribution in [2.45, 2.75) is 230 Å². The van der Waals surface area contributed by atoms with Crippen molar-refractivity contribution < 1.29 is 94.1 Å². The fraction of sp³-hybridized carbons (Fsp3) is 0.904. The van der Waals surface area contributed by atoms with Crippen molar-refractivity contribution in [2.24, 2.45) is 45.3 Å². The Morgan fingerprint density at radius 2 is 1.25 bits per heavy atom. The Morgan fingerprint density at radius 3 is 1.87 bits per heavy atom. The van der Waals surface area contributed by atoms with Crippen LogP contribution >= 0.6 is 0 Å². The highest BCUT2D eigenvalue weighted by Crippen LogP contribution is 2.76. The zero-order valence-electron chi connectivity index (χ0n) is 43.0. The third kappa shape index (κ3) is 10.2. The monoisotopic (exact) mass is 1010 g/mol. The van der Waals surface area contributed by atoms with Gasteiger partial charge in [-0.25, -0.2) is 4.79 Å². The molecule has 0 bridgehead atoms. The van der Waals surface area contributed by atoms with Gasteiger partial charge in [-0.1, -0.05) is 52.3 Å². The molecule has 7 fully saturated rings. The van der Waals surface area contributed by atoms with Gasteiger partial charge >= 0.3 is 5.97 Å². The number of esters is 1. The molecule has 71 heavy (non-hydrogen) atoms. The third-order valence-corrected chi connectivity index (χ3v) is 19.3. The molecule has 19 heteroatoms. The van der Waals surface area contributed by atoms with Gasteiger partial charge in [0.1, 0.15) is 79.9 Å². The summed E-state index contributed by atoms with van der Waals surface area (Å²) in [6.07, 6.45) is -13.4. The predicted octanol–water partition coefficient (Wildman–Crippen LogP) is 1.10. The topological polar surface area (TPSA) is 304 Å². The van der Waals surface area contributed by atoms with Gasteiger partial charge in [0.2, 0.25) is 0 Å². The quantitative estimate of drug-likeness (QED) is 0.0474. The standard InChI is InChI=1S/C52H86O19/c1-10-12-34(56)65-24-30-38(59)40(61)42(63)45(68-30)70-44-41(62)37(58)29(23-54)67-47(44)69-33-16-18-49(6)31(48(33,4)5)15-20-50(7)32(49)21-27(55)35-26(14-19-51(35,50)8)52(9,17-11-13-25(2)3)71-46-43(64)39(60)36(57)28(22-53)66-46/h10,12-13,26-33,35-47,53-55,57-64H,11,14-24H2,1-9H3/b12-10+/t26-,27-,28+,29+,30-,31+,32-,33+,35+,36+,37-,38-,39+,40+,41+,42+,43+,44-,45+,46-,47-,49-,50-,51+,52+/m1/s1. The fourth-order valence-corrected chi connectivity index (χ4v) is 15.2. The van der Waals surface area contributed by atoms with Crippen molar-refractivity contribution in [3.05, 3.63) is 23.8 Å². The Labute approximate surface area is 418 Å². The van der Waals surface area contributed by atoms with Crippen LogP contribution < -0.4 is 0 Å². The molecule has 11 N–H and O–H groups in total. The third-order valence-electron chi connectivity index (χ3n) is 19.3. The van der Waals surface area contributed by atoms with E-state index in [1.807, 2.05) is 20.8 Å². The largest absolute Gasteiger partial charge is 0.460 e. The maximum absolute atomic E-state index is 12.7. The van der Waals surface area contributed by atoms with Crippen LogP contribution in [0.5, 0.6) is 0 Å². The van der Waals surface area contributed by atoms with Crippen LogP contribution in [-0.2, 0) is 38.0 Å². The van der Waals surface area contributed by atoms with Crippen LogP contribution in [0.2, 0.25) is 0 Å². The smallest absolute Gasteiger partial charge is 0.330 e. The van der Waals surface area contributed by atoms with Crippen LogP contribution in [-0.4, -0.2) is 192 Å². The van der Waals surface area contributed by atoms with Crippen molar-refractivity contribution in [1.29, 1.82) is 0 Å². The number of hydrogen-bond donors (Lipinski definition) is 11. The molecule has 7 rings (SSSR count). The molecule has 3 aliphatic heterocycles. The van der Waals surface area contributed by atoms with E-state index in [-0.39, 0.29) is 39.9 Å². The summed E-state index contributed by atoms with van der Waals surface area (Å²) in [6.45, 7) is 17.3. The lowest BCUT2D eigenvalue weighted by molar-refractivity contribution is -0.378. The maximum atomic E-state index is 12.7. The van der Waals surface area contributed by atoms with E-state index in [9.17, 15) is 61.0 Å². The van der Waals surface area contributed by atoms with Crippen molar-refractivity contribution in [3.63, 3.8) is 0 Å². The molecule has 7 aliphatic rings. The minimum Gasteiger partial charge on any atom is -0.460 e. The summed E-state index contributed by atoms with van der Waals surface area (Å²) in [7, 11) is 0. The van der Waals surface area contributed by atoms with Crippen LogP contribution in [0.15, 0.2) is 23.8 Å². The van der Waals surface area contributed by atoms with Gasteiger partial charge < -0.3 is 89.3 Å². The van der Waals surface area contributed by atoms with Gasteiger partial charge in [0.05, 0.1) is 31.0 Å². The van der Waals surface area contributed by atoms with Gasteiger partial charge in [-0.15, -0.1) is 0 Å². The summed E-state index contributed by atoms with van der Waals surface area (Å²) in [5.74, 6) is -0.943. The molecule has 0 aromatic heterocycles. The Hall–Kier alpha value is -1.73. The molecular weight excluding hydrogens is 929 g/mol. The first-order valence-corrected chi connectivity index (χ1v) is 26.0. The first-order chi connectivity index (χ1) is 33.2. The number of rotatable bonds is 15. The summed E-state index contributed by atoms with van der Waals surface area (Å²) in [4.78, 5) is 12.1. The molecule has 3 saturated heterocycles. The molecule has 19 nitrogen and oxygen atoms in total. The molecule has 0 radical (unpaired) electrons. The lowest BCUT2D eigenvalue weighted by Crippen LogP contribution is -2.68. The summed E-state index contributed by atoms with van der Waals surface area (Å²) in [6, 6.07) is 0. The lowest BCUT2D eigenvalue weighted by atomic mass is 9.35. The first-order valence-electron chi connectivity index (χ1n) is 26.0. The fourth-order valence-electron chi connectivity index (χ4n) is 15.2. The minimum atomic E-state index is -1.84. The molecule has 0 aromatic carbocycles. The first kappa shape index (κ1) is 57.0. The normalized spacial score (nSPS) is 49.5. The van der Waals surface area contributed by atoms with Gasteiger partial charge in [0, 0.05) is 6.08 Å². The Morgan fingerprint density at radius 1 is 0.676 bits per heavy atom. The van der Waals surface area contributed by atoms with Gasteiger partial charge in [0.15, 0.2) is 18.9 Å². The molecule has 0 aromatic rings. The van der Waals surface area contributed by atoms with Gasteiger partial charge in [0.25, 0.3) is 0 Å². The van der Waals surface area contributed by atoms with Crippen LogP contribution in [0.25, 0.3) is 0 Å². The Balaban J connectivity index is 1.11. The molecule has 4 aliphatic carbocycles. The highest BCUT2D eigenvalue weighted by molar-refractivity contribution is 5.81. The van der Waals surface area contributed by atoms with Crippen LogP contribution in [0.4, 0.5) is 0 Å². The van der Waals surface area contributed by atoms with Crippen molar-refractivity contribution in [1.82, 2.24) is 0 Å². The number of aliphatic hydroxyl groups is 11. The average Bonchev–Trinajstić information content (AvgIpc) is 3.70. The molecule has 3 heterocycles. The van der Waals surface area contributed by atoms with E-state index in [0.717, 1.165) is 37.3 Å². The van der Waals surface area contributed by atoms with E-state index in [1.165, 1.54) is 6.08 Å². The lowest BCUT2D eigenvalue weighted by Gasteiger charge is -2.71. The number of allylic oxidation sites excluding steroid dienone is 3. The molecule has 0 unspecified atom stereocenters. The van der Waals surface area contributed by atoms with Crippen LogP contribution in [0, 0.1) is 45.3 Å². The van der Waals surface area contributed by atoms with E-state index in [0.29, 0.717) is 32.1 Å². The summed E-state index contributed by atoms with van der Waals surface area (Å²) in [5.41, 5.74) is -1.22. The average molecular weight is 1020 g/mol. The van der Waals surface area contributed by atoms with Crippen LogP contribution in [0.3, 0.4) is 0 Å². The summed E-state index contributed by atoms with van der Waals surface area (Å²) in [5, 5.41) is 121. The highest BCUT2D eigenvalue weighted by atomic mass is 16.8. The number of fused-ring (bicyclic) bond motifs is 5. The zero-order valence-corrected chi connectivity index (χ0v) is 43.0. The summed E-state index contributed by atoms with van der Waals surface area (Å²) >= 11 is 0. The summed E-state index contributed by atoms with van der Waals surface area (Å²) < 4.78 is 42.8. The number of aliphatic hydroxyl groups excluding tert-OH is 11. The number of hydrogen-bond acceptors (Lipinski definition) is 19. The number of carbonyl (C=O) groups excluding carboxylic acids is 1. The minimum absolute atomic E-state index is 0.0681. The van der Waals surface area contributed by atoms with E-state index < -0.39 is 141 Å². The van der Waals surface area contributed by atoms with E-state index in [2.05, 4.69) is 40.7 Å². The molecular formula is C52H86O19. The highest BCUT2D eigenvalue weighted by Gasteiger charge is 2.72. The van der Waals surface area contributed by atoms with Crippen molar-refractivity contribution >= 4 is 5.97 Å². The van der Waals surface area contributed by atoms with E-state index >= 15 is 0 Å². The van der Waals surface area contributed by atoms with Crippen molar-refractivity contribution in [3.8, 4) is 0 Å². The van der Waals surface area contributed by atoms with Gasteiger partial charge in [-0.05, 0) is 131 Å². The molecule has 0 spiro atoms. The SMILES string of the molecule is C/C=C/C(=O)OC[C@H]1O[C@@H](O[C@H]2[C@@H](O[C@H]3CC[C@@]4(C)[C@H]5C[C@@H](O)[C@@H]6[C@H]([C@](C)(CCC=C(C)C)O[C@H]7O[C@@H](CO)[C@H](O)[C@H](O)[C@@H]7O)CC[C@]6(C)[C@]5(C)CC[C@H]4C3(C)C)O[C@@H](CO)[C@@H](O)[C@@H]2O)[C@@H](O)[C@@H](O)[C@@H]1O. The molecule has 408 valence electrons. The van der Waals surface area contributed by atoms with Crippen molar-refractivity contribution in [2.75, 3.05) is 19.8 Å². The van der Waals surface area contributed by atoms with E-state index in [4.69, 9.17) is 33.2 Å². The second-order valence-electron chi connectivity index (χ2n) is 23.8. The molecule has 0 amide bonds. The molecule has 25 atom stereocenters. The second kappa shape index (κ2) is 21.7. The predicted molar refractivity (Wildman–Crippen MR) is 252 cm³/mol. The van der Waals surface area contributed by atoms with E-state index in [1.54, 1.807) is 6.92 Å². The maximum Gasteiger partial charge on any atom is 0.330 e.